The molecule has 21 heavy (non-hydrogen) atoms. The van der Waals surface area contributed by atoms with Crippen LogP contribution in [-0.2, 0) is 10.0 Å². The minimum Gasteiger partial charge on any atom is -0.497 e. The number of hydrogen-bond acceptors (Lipinski definition) is 5. The predicted octanol–water partition coefficient (Wildman–Crippen LogP) is 2.42. The molecular formula is C14H17NO4S2. The van der Waals surface area contributed by atoms with E-state index in [0.29, 0.717) is 15.7 Å². The molecule has 114 valence electrons. The van der Waals surface area contributed by atoms with E-state index in [1.165, 1.54) is 11.3 Å². The summed E-state index contributed by atoms with van der Waals surface area (Å²) in [6.07, 6.45) is 0. The van der Waals surface area contributed by atoms with Gasteiger partial charge in [0.15, 0.2) is 0 Å². The standard InChI is InChI=1S/C14H17NO4S2/c1-11-6-7-14(20-11)21(16,17)15-8-9-19-13-5-3-4-12(10-13)18-2/h3-7,10,15H,8-9H2,1-2H3. The number of thiophene rings is 1. The minimum absolute atomic E-state index is 0.205. The average molecular weight is 327 g/mol. The molecule has 0 bridgehead atoms. The van der Waals surface area contributed by atoms with Crippen LogP contribution >= 0.6 is 11.3 Å². The van der Waals surface area contributed by atoms with E-state index in [-0.39, 0.29) is 13.2 Å². The molecule has 1 N–H and O–H groups in total. The molecule has 1 heterocycles. The molecule has 0 aliphatic carbocycles. The van der Waals surface area contributed by atoms with Crippen LogP contribution < -0.4 is 14.2 Å². The maximum Gasteiger partial charge on any atom is 0.250 e. The second-order valence-corrected chi connectivity index (χ2v) is 7.57. The van der Waals surface area contributed by atoms with Gasteiger partial charge in [-0.3, -0.25) is 0 Å². The number of nitrogens with one attached hydrogen (secondary N) is 1. The average Bonchev–Trinajstić information content (AvgIpc) is 2.91. The van der Waals surface area contributed by atoms with Gasteiger partial charge in [0.2, 0.25) is 10.0 Å². The summed E-state index contributed by atoms with van der Waals surface area (Å²) in [4.78, 5) is 0.961. The number of sulfonamides is 1. The Bertz CT molecular complexity index is 695. The Kier molecular flexibility index (Phi) is 5.22. The molecule has 1 aromatic heterocycles. The van der Waals surface area contributed by atoms with Crippen molar-refractivity contribution in [2.45, 2.75) is 11.1 Å². The highest BCUT2D eigenvalue weighted by molar-refractivity contribution is 7.91. The Morgan fingerprint density at radius 1 is 1.19 bits per heavy atom. The van der Waals surface area contributed by atoms with Crippen LogP contribution in [0.2, 0.25) is 0 Å². The maximum atomic E-state index is 12.0. The first kappa shape index (κ1) is 15.8. The topological polar surface area (TPSA) is 64.6 Å². The van der Waals surface area contributed by atoms with E-state index in [1.54, 1.807) is 31.4 Å². The van der Waals surface area contributed by atoms with Gasteiger partial charge in [-0.2, -0.15) is 0 Å². The number of rotatable bonds is 7. The Labute approximate surface area is 128 Å². The Hall–Kier alpha value is -1.57. The molecule has 7 heteroatoms. The van der Waals surface area contributed by atoms with Gasteiger partial charge in [-0.05, 0) is 31.2 Å². The van der Waals surface area contributed by atoms with Gasteiger partial charge >= 0.3 is 0 Å². The van der Waals surface area contributed by atoms with Gasteiger partial charge in [0, 0.05) is 17.5 Å². The van der Waals surface area contributed by atoms with Crippen LogP contribution in [0.5, 0.6) is 11.5 Å². The molecule has 0 unspecified atom stereocenters. The van der Waals surface area contributed by atoms with E-state index in [0.717, 1.165) is 4.88 Å². The van der Waals surface area contributed by atoms with Crippen molar-refractivity contribution in [3.63, 3.8) is 0 Å². The minimum atomic E-state index is -3.44. The quantitative estimate of drug-likeness (QED) is 0.793. The number of hydrogen-bond donors (Lipinski definition) is 1. The molecule has 0 aliphatic heterocycles. The Morgan fingerprint density at radius 2 is 1.95 bits per heavy atom. The van der Waals surface area contributed by atoms with Crippen LogP contribution in [0.15, 0.2) is 40.6 Å². The zero-order valence-electron chi connectivity index (χ0n) is 11.8. The summed E-state index contributed by atoms with van der Waals surface area (Å²) in [6.45, 7) is 2.32. The van der Waals surface area contributed by atoms with Crippen molar-refractivity contribution in [2.24, 2.45) is 0 Å². The molecule has 0 atom stereocenters. The molecule has 0 radical (unpaired) electrons. The van der Waals surface area contributed by atoms with Gasteiger partial charge in [-0.1, -0.05) is 6.07 Å². The fraction of sp³-hybridized carbons (Fsp3) is 0.286. The first-order valence-corrected chi connectivity index (χ1v) is 8.64. The number of aryl methyl sites for hydroxylation is 1. The van der Waals surface area contributed by atoms with Crippen LogP contribution in [-0.4, -0.2) is 28.7 Å². The summed E-state index contributed by atoms with van der Waals surface area (Å²) in [5, 5.41) is 0. The fourth-order valence-electron chi connectivity index (χ4n) is 1.66. The largest absolute Gasteiger partial charge is 0.497 e. The molecule has 0 spiro atoms. The lowest BCUT2D eigenvalue weighted by molar-refractivity contribution is 0.320. The lowest BCUT2D eigenvalue weighted by atomic mass is 10.3. The zero-order valence-corrected chi connectivity index (χ0v) is 13.5. The highest BCUT2D eigenvalue weighted by Crippen LogP contribution is 2.20. The molecule has 1 aromatic carbocycles. The highest BCUT2D eigenvalue weighted by atomic mass is 32.2. The van der Waals surface area contributed by atoms with E-state index in [4.69, 9.17) is 9.47 Å². The van der Waals surface area contributed by atoms with Gasteiger partial charge in [0.25, 0.3) is 0 Å². The normalized spacial score (nSPS) is 11.3. The third-order valence-corrected chi connectivity index (χ3v) is 5.64. The van der Waals surface area contributed by atoms with Gasteiger partial charge in [-0.25, -0.2) is 13.1 Å². The van der Waals surface area contributed by atoms with E-state index < -0.39 is 10.0 Å². The summed E-state index contributed by atoms with van der Waals surface area (Å²) in [7, 11) is -1.86. The lowest BCUT2D eigenvalue weighted by Gasteiger charge is -2.08. The van der Waals surface area contributed by atoms with Crippen molar-refractivity contribution in [1.29, 1.82) is 0 Å². The van der Waals surface area contributed by atoms with Gasteiger partial charge < -0.3 is 9.47 Å². The first-order valence-electron chi connectivity index (χ1n) is 6.34. The summed E-state index contributed by atoms with van der Waals surface area (Å²) < 4.78 is 37.4. The molecule has 0 aliphatic rings. The fourth-order valence-corrected chi connectivity index (χ4v) is 4.00. The molecule has 2 rings (SSSR count). The summed E-state index contributed by atoms with van der Waals surface area (Å²) >= 11 is 1.25. The number of ether oxygens (including phenoxy) is 2. The van der Waals surface area contributed by atoms with Crippen molar-refractivity contribution >= 4 is 21.4 Å². The molecule has 5 nitrogen and oxygen atoms in total. The van der Waals surface area contributed by atoms with Gasteiger partial charge in [-0.15, -0.1) is 11.3 Å². The van der Waals surface area contributed by atoms with E-state index in [9.17, 15) is 8.42 Å². The third kappa shape index (κ3) is 4.45. The molecule has 0 saturated heterocycles. The van der Waals surface area contributed by atoms with Crippen LogP contribution in [0, 0.1) is 6.92 Å². The van der Waals surface area contributed by atoms with Crippen LogP contribution in [0.1, 0.15) is 4.88 Å². The molecule has 2 aromatic rings. The van der Waals surface area contributed by atoms with Crippen molar-refractivity contribution in [3.05, 3.63) is 41.3 Å². The monoisotopic (exact) mass is 327 g/mol. The highest BCUT2D eigenvalue weighted by Gasteiger charge is 2.15. The summed E-state index contributed by atoms with van der Waals surface area (Å²) in [6, 6.07) is 10.6. The van der Waals surface area contributed by atoms with Gasteiger partial charge in [0.1, 0.15) is 22.3 Å². The second kappa shape index (κ2) is 6.93. The SMILES string of the molecule is COc1cccc(OCCNS(=O)(=O)c2ccc(C)s2)c1. The summed E-state index contributed by atoms with van der Waals surface area (Å²) in [5.41, 5.74) is 0. The predicted molar refractivity (Wildman–Crippen MR) is 82.7 cm³/mol. The Balaban J connectivity index is 1.84. The third-order valence-electron chi connectivity index (χ3n) is 2.68. The smallest absolute Gasteiger partial charge is 0.250 e. The van der Waals surface area contributed by atoms with Crippen molar-refractivity contribution in [1.82, 2.24) is 4.72 Å². The van der Waals surface area contributed by atoms with E-state index in [1.807, 2.05) is 19.1 Å². The zero-order chi connectivity index (χ0) is 15.3. The van der Waals surface area contributed by atoms with Crippen LogP contribution in [0.25, 0.3) is 0 Å². The first-order chi connectivity index (χ1) is 10.0. The molecule has 0 amide bonds. The molecular weight excluding hydrogens is 310 g/mol. The van der Waals surface area contributed by atoms with Crippen molar-refractivity contribution in [2.75, 3.05) is 20.3 Å². The van der Waals surface area contributed by atoms with E-state index >= 15 is 0 Å². The van der Waals surface area contributed by atoms with E-state index in [2.05, 4.69) is 4.72 Å². The molecule has 0 saturated carbocycles. The summed E-state index contributed by atoms with van der Waals surface area (Å²) in [5.74, 6) is 1.34. The number of methoxy groups -OCH3 is 1. The van der Waals surface area contributed by atoms with Crippen LogP contribution in [0.4, 0.5) is 0 Å². The maximum absolute atomic E-state index is 12.0. The Morgan fingerprint density at radius 3 is 2.62 bits per heavy atom. The van der Waals surface area contributed by atoms with Crippen LogP contribution in [0.3, 0.4) is 0 Å². The number of benzene rings is 1. The second-order valence-electron chi connectivity index (χ2n) is 4.29. The van der Waals surface area contributed by atoms with Crippen molar-refractivity contribution < 1.29 is 17.9 Å². The lowest BCUT2D eigenvalue weighted by Crippen LogP contribution is -2.27. The molecule has 0 fully saturated rings. The van der Waals surface area contributed by atoms with Gasteiger partial charge in [0.05, 0.1) is 7.11 Å². The van der Waals surface area contributed by atoms with Crippen molar-refractivity contribution in [3.8, 4) is 11.5 Å².